The van der Waals surface area contributed by atoms with E-state index in [0.717, 1.165) is 0 Å². The number of hydrogen-bond donors (Lipinski definition) is 2. The van der Waals surface area contributed by atoms with Crippen LogP contribution in [0.1, 0.15) is 12.8 Å². The molecule has 7 heteroatoms. The molecule has 0 spiro atoms. The first-order chi connectivity index (χ1) is 8.11. The van der Waals surface area contributed by atoms with E-state index in [-0.39, 0.29) is 24.1 Å². The summed E-state index contributed by atoms with van der Waals surface area (Å²) in [6, 6.07) is 5.73. The third-order valence-corrected chi connectivity index (χ3v) is 1.97. The number of carbonyl (C=O) groups excluding carboxylic acids is 1. The second kappa shape index (κ2) is 8.66. The van der Waals surface area contributed by atoms with E-state index in [2.05, 4.69) is 10.1 Å². The lowest BCUT2D eigenvalue weighted by Gasteiger charge is -2.07. The van der Waals surface area contributed by atoms with Gasteiger partial charge in [0.1, 0.15) is 5.75 Å². The number of ether oxygens (including phenoxy) is 1. The van der Waals surface area contributed by atoms with Crippen LogP contribution < -0.4 is 15.8 Å². The van der Waals surface area contributed by atoms with Crippen LogP contribution in [0.2, 0.25) is 0 Å². The summed E-state index contributed by atoms with van der Waals surface area (Å²) in [6.07, 6.45) is 0.949. The Labute approximate surface area is 110 Å². The summed E-state index contributed by atoms with van der Waals surface area (Å²) in [4.78, 5) is 11.3. The van der Waals surface area contributed by atoms with Gasteiger partial charge in [0.05, 0.1) is 0 Å². The number of benzene rings is 1. The predicted molar refractivity (Wildman–Crippen MR) is 67.2 cm³/mol. The summed E-state index contributed by atoms with van der Waals surface area (Å²) < 4.78 is 27.9. The Morgan fingerprint density at radius 1 is 1.33 bits per heavy atom. The summed E-state index contributed by atoms with van der Waals surface area (Å²) >= 11 is 0. The molecule has 0 fully saturated rings. The molecule has 0 aliphatic carbocycles. The first-order valence-corrected chi connectivity index (χ1v) is 5.16. The van der Waals surface area contributed by atoms with E-state index < -0.39 is 6.61 Å². The van der Waals surface area contributed by atoms with Crippen molar-refractivity contribution in [3.8, 4) is 5.75 Å². The third-order valence-electron chi connectivity index (χ3n) is 1.97. The molecule has 0 unspecified atom stereocenters. The van der Waals surface area contributed by atoms with Crippen molar-refractivity contribution < 1.29 is 18.3 Å². The molecule has 0 saturated carbocycles. The summed E-state index contributed by atoms with van der Waals surface area (Å²) in [5.74, 6) is -0.0991. The van der Waals surface area contributed by atoms with Gasteiger partial charge in [-0.15, -0.1) is 12.4 Å². The molecule has 1 amide bonds. The smallest absolute Gasteiger partial charge is 0.387 e. The molecular formula is C11H15ClF2N2O2. The monoisotopic (exact) mass is 280 g/mol. The molecule has 3 N–H and O–H groups in total. The minimum Gasteiger partial charge on any atom is -0.435 e. The van der Waals surface area contributed by atoms with Crippen LogP contribution in [0.5, 0.6) is 5.75 Å². The average molecular weight is 281 g/mol. The van der Waals surface area contributed by atoms with E-state index in [1.165, 1.54) is 24.3 Å². The van der Waals surface area contributed by atoms with E-state index >= 15 is 0 Å². The largest absolute Gasteiger partial charge is 0.435 e. The van der Waals surface area contributed by atoms with Crippen molar-refractivity contribution in [2.24, 2.45) is 5.73 Å². The van der Waals surface area contributed by atoms with Gasteiger partial charge >= 0.3 is 6.61 Å². The lowest BCUT2D eigenvalue weighted by Crippen LogP contribution is -2.13. The van der Waals surface area contributed by atoms with Crippen molar-refractivity contribution in [3.63, 3.8) is 0 Å². The molecule has 1 rings (SSSR count). The summed E-state index contributed by atoms with van der Waals surface area (Å²) in [5.41, 5.74) is 5.80. The number of nitrogens with two attached hydrogens (primary N) is 1. The maximum atomic E-state index is 11.9. The van der Waals surface area contributed by atoms with Crippen molar-refractivity contribution in [2.75, 3.05) is 11.9 Å². The number of nitrogens with one attached hydrogen (secondary N) is 1. The fourth-order valence-electron chi connectivity index (χ4n) is 1.21. The normalized spacial score (nSPS) is 9.78. The quantitative estimate of drug-likeness (QED) is 0.841. The zero-order valence-corrected chi connectivity index (χ0v) is 10.4. The van der Waals surface area contributed by atoms with E-state index in [9.17, 15) is 13.6 Å². The predicted octanol–water partition coefficient (Wildman–Crippen LogP) is 2.39. The molecule has 1 aromatic carbocycles. The minimum atomic E-state index is -2.85. The molecular weight excluding hydrogens is 266 g/mol. The van der Waals surface area contributed by atoms with Crippen LogP contribution in [-0.2, 0) is 4.79 Å². The summed E-state index contributed by atoms with van der Waals surface area (Å²) in [5, 5.41) is 2.62. The number of alkyl halides is 2. The first kappa shape index (κ1) is 16.6. The van der Waals surface area contributed by atoms with Crippen molar-refractivity contribution in [2.45, 2.75) is 19.5 Å². The van der Waals surface area contributed by atoms with Crippen molar-refractivity contribution >= 4 is 24.0 Å². The van der Waals surface area contributed by atoms with Crippen LogP contribution in [0.25, 0.3) is 0 Å². The molecule has 0 atom stereocenters. The van der Waals surface area contributed by atoms with Crippen LogP contribution in [-0.4, -0.2) is 19.1 Å². The highest BCUT2D eigenvalue weighted by Gasteiger charge is 2.05. The molecule has 1 aromatic rings. The van der Waals surface area contributed by atoms with Crippen molar-refractivity contribution in [3.05, 3.63) is 24.3 Å². The average Bonchev–Trinajstić information content (AvgIpc) is 2.28. The van der Waals surface area contributed by atoms with Gasteiger partial charge in [0.15, 0.2) is 0 Å². The second-order valence-corrected chi connectivity index (χ2v) is 3.34. The van der Waals surface area contributed by atoms with Crippen LogP contribution in [0.15, 0.2) is 24.3 Å². The molecule has 0 heterocycles. The van der Waals surface area contributed by atoms with Crippen LogP contribution in [0.3, 0.4) is 0 Å². The summed E-state index contributed by atoms with van der Waals surface area (Å²) in [7, 11) is 0. The van der Waals surface area contributed by atoms with Crippen LogP contribution in [0, 0.1) is 0 Å². The van der Waals surface area contributed by atoms with Gasteiger partial charge in [-0.3, -0.25) is 4.79 Å². The molecule has 102 valence electrons. The first-order valence-electron chi connectivity index (χ1n) is 5.16. The van der Waals surface area contributed by atoms with E-state index in [1.807, 2.05) is 0 Å². The number of halogens is 3. The van der Waals surface area contributed by atoms with Crippen molar-refractivity contribution in [1.82, 2.24) is 0 Å². The Balaban J connectivity index is 0.00000289. The SMILES string of the molecule is Cl.NCCCC(=O)Nc1ccc(OC(F)F)cc1. The van der Waals surface area contributed by atoms with Crippen LogP contribution in [0.4, 0.5) is 14.5 Å². The van der Waals surface area contributed by atoms with E-state index in [1.54, 1.807) is 0 Å². The van der Waals surface area contributed by atoms with Crippen molar-refractivity contribution in [1.29, 1.82) is 0 Å². The number of anilines is 1. The highest BCUT2D eigenvalue weighted by atomic mass is 35.5. The zero-order valence-electron chi connectivity index (χ0n) is 9.57. The maximum Gasteiger partial charge on any atom is 0.387 e. The zero-order chi connectivity index (χ0) is 12.7. The Kier molecular flexibility index (Phi) is 7.98. The van der Waals surface area contributed by atoms with E-state index in [4.69, 9.17) is 5.73 Å². The van der Waals surface area contributed by atoms with Gasteiger partial charge < -0.3 is 15.8 Å². The maximum absolute atomic E-state index is 11.9. The van der Waals surface area contributed by atoms with Gasteiger partial charge in [0, 0.05) is 12.1 Å². The van der Waals surface area contributed by atoms with Gasteiger partial charge in [-0.1, -0.05) is 0 Å². The van der Waals surface area contributed by atoms with Crippen LogP contribution >= 0.6 is 12.4 Å². The molecule has 0 radical (unpaired) electrons. The lowest BCUT2D eigenvalue weighted by molar-refractivity contribution is -0.116. The molecule has 4 nitrogen and oxygen atoms in total. The Hall–Kier alpha value is -1.40. The number of amides is 1. The lowest BCUT2D eigenvalue weighted by atomic mass is 10.2. The molecule has 0 saturated heterocycles. The Bertz CT molecular complexity index is 361. The fourth-order valence-corrected chi connectivity index (χ4v) is 1.21. The molecule has 0 aliphatic rings. The summed E-state index contributed by atoms with van der Waals surface area (Å²) in [6.45, 7) is -2.39. The Morgan fingerprint density at radius 3 is 2.44 bits per heavy atom. The van der Waals surface area contributed by atoms with E-state index in [0.29, 0.717) is 25.1 Å². The highest BCUT2D eigenvalue weighted by molar-refractivity contribution is 5.90. The second-order valence-electron chi connectivity index (χ2n) is 3.34. The standard InChI is InChI=1S/C11H14F2N2O2.ClH/c12-11(13)17-9-5-3-8(4-6-9)15-10(16)2-1-7-14;/h3-6,11H,1-2,7,14H2,(H,15,16);1H. The topological polar surface area (TPSA) is 64.4 Å². The van der Waals surface area contributed by atoms with Gasteiger partial charge in [0.25, 0.3) is 0 Å². The molecule has 0 bridgehead atoms. The van der Waals surface area contributed by atoms with Gasteiger partial charge in [-0.2, -0.15) is 8.78 Å². The minimum absolute atomic E-state index is 0. The number of hydrogen-bond acceptors (Lipinski definition) is 3. The molecule has 0 aromatic heterocycles. The Morgan fingerprint density at radius 2 is 1.94 bits per heavy atom. The number of rotatable bonds is 6. The van der Waals surface area contributed by atoms with Gasteiger partial charge in [0.2, 0.25) is 5.91 Å². The molecule has 0 aliphatic heterocycles. The highest BCUT2D eigenvalue weighted by Crippen LogP contribution is 2.17. The fraction of sp³-hybridized carbons (Fsp3) is 0.364. The van der Waals surface area contributed by atoms with Gasteiger partial charge in [-0.25, -0.2) is 0 Å². The molecule has 18 heavy (non-hydrogen) atoms. The van der Waals surface area contributed by atoms with Gasteiger partial charge in [-0.05, 0) is 37.2 Å². The number of carbonyl (C=O) groups is 1. The third kappa shape index (κ3) is 6.36.